The van der Waals surface area contributed by atoms with E-state index in [4.69, 9.17) is 11.6 Å². The SMILES string of the molecule is CC1(C)CC(=O)C2=C(C1)Nc1ccc3ccccc3c1[C@@H]2c1ccccc1Cl. The largest absolute Gasteiger partial charge is 0.358 e. The molecule has 1 aliphatic heterocycles. The van der Waals surface area contributed by atoms with Crippen LogP contribution in [0.15, 0.2) is 71.9 Å². The van der Waals surface area contributed by atoms with Gasteiger partial charge in [0, 0.05) is 34.3 Å². The van der Waals surface area contributed by atoms with Crippen LogP contribution < -0.4 is 5.32 Å². The van der Waals surface area contributed by atoms with Crippen molar-refractivity contribution in [2.24, 2.45) is 5.41 Å². The van der Waals surface area contributed by atoms with Gasteiger partial charge in [0.25, 0.3) is 0 Å². The summed E-state index contributed by atoms with van der Waals surface area (Å²) in [7, 11) is 0. The fraction of sp³-hybridized carbons (Fsp3) is 0.240. The summed E-state index contributed by atoms with van der Waals surface area (Å²) < 4.78 is 0. The van der Waals surface area contributed by atoms with Crippen LogP contribution in [-0.4, -0.2) is 5.78 Å². The van der Waals surface area contributed by atoms with Gasteiger partial charge in [-0.15, -0.1) is 0 Å². The summed E-state index contributed by atoms with van der Waals surface area (Å²) in [5.41, 5.74) is 5.13. The fourth-order valence-corrected chi connectivity index (χ4v) is 5.07. The minimum atomic E-state index is -0.144. The normalized spacial score (nSPS) is 20.5. The lowest BCUT2D eigenvalue weighted by atomic mass is 9.68. The number of rotatable bonds is 1. The first-order valence-electron chi connectivity index (χ1n) is 9.74. The molecule has 0 fully saturated rings. The van der Waals surface area contributed by atoms with Gasteiger partial charge in [-0.2, -0.15) is 0 Å². The molecule has 3 aromatic rings. The summed E-state index contributed by atoms with van der Waals surface area (Å²) in [6, 6.07) is 20.6. The molecule has 1 N–H and O–H groups in total. The van der Waals surface area contributed by atoms with Crippen molar-refractivity contribution in [2.45, 2.75) is 32.6 Å². The molecule has 0 bridgehead atoms. The van der Waals surface area contributed by atoms with Crippen LogP contribution in [0.4, 0.5) is 5.69 Å². The van der Waals surface area contributed by atoms with Gasteiger partial charge in [-0.25, -0.2) is 0 Å². The molecule has 0 aromatic heterocycles. The lowest BCUT2D eigenvalue weighted by Crippen LogP contribution is -2.34. The van der Waals surface area contributed by atoms with Crippen molar-refractivity contribution in [3.05, 3.63) is 88.1 Å². The highest BCUT2D eigenvalue weighted by Crippen LogP contribution is 2.51. The van der Waals surface area contributed by atoms with E-state index in [1.807, 2.05) is 18.2 Å². The van der Waals surface area contributed by atoms with Crippen LogP contribution in [0.1, 0.15) is 43.7 Å². The number of carbonyl (C=O) groups excluding carboxylic acids is 1. The van der Waals surface area contributed by atoms with E-state index in [-0.39, 0.29) is 17.1 Å². The van der Waals surface area contributed by atoms with Gasteiger partial charge in [-0.1, -0.05) is 74.0 Å². The van der Waals surface area contributed by atoms with Gasteiger partial charge in [0.05, 0.1) is 0 Å². The molecule has 0 saturated carbocycles. The second-order valence-corrected chi connectivity index (χ2v) is 9.07. The Balaban J connectivity index is 1.84. The van der Waals surface area contributed by atoms with E-state index >= 15 is 0 Å². The minimum absolute atomic E-state index is 0.0394. The zero-order valence-electron chi connectivity index (χ0n) is 16.1. The Bertz CT molecular complexity index is 1160. The second-order valence-electron chi connectivity index (χ2n) is 8.66. The summed E-state index contributed by atoms with van der Waals surface area (Å²) in [5, 5.41) is 6.66. The summed E-state index contributed by atoms with van der Waals surface area (Å²) in [4.78, 5) is 13.3. The van der Waals surface area contributed by atoms with E-state index in [2.05, 4.69) is 61.6 Å². The van der Waals surface area contributed by atoms with Crippen LogP contribution in [0.2, 0.25) is 5.02 Å². The Labute approximate surface area is 170 Å². The molecule has 1 heterocycles. The number of benzene rings is 3. The van der Waals surface area contributed by atoms with Crippen LogP contribution in [-0.2, 0) is 4.79 Å². The highest BCUT2D eigenvalue weighted by Gasteiger charge is 2.41. The summed E-state index contributed by atoms with van der Waals surface area (Å²) >= 11 is 6.66. The predicted molar refractivity (Wildman–Crippen MR) is 116 cm³/mol. The molecule has 28 heavy (non-hydrogen) atoms. The van der Waals surface area contributed by atoms with Crippen molar-refractivity contribution >= 4 is 33.8 Å². The molecule has 3 aromatic carbocycles. The van der Waals surface area contributed by atoms with Gasteiger partial charge in [-0.3, -0.25) is 4.79 Å². The Morgan fingerprint density at radius 1 is 0.964 bits per heavy atom. The minimum Gasteiger partial charge on any atom is -0.358 e. The van der Waals surface area contributed by atoms with Crippen molar-refractivity contribution in [1.29, 1.82) is 0 Å². The van der Waals surface area contributed by atoms with Crippen molar-refractivity contribution < 1.29 is 4.79 Å². The Morgan fingerprint density at radius 2 is 1.71 bits per heavy atom. The number of fused-ring (bicyclic) bond motifs is 3. The lowest BCUT2D eigenvalue weighted by molar-refractivity contribution is -0.118. The van der Waals surface area contributed by atoms with Crippen molar-refractivity contribution in [1.82, 2.24) is 0 Å². The maximum absolute atomic E-state index is 13.3. The smallest absolute Gasteiger partial charge is 0.162 e. The average Bonchev–Trinajstić information content (AvgIpc) is 2.65. The van der Waals surface area contributed by atoms with Crippen molar-refractivity contribution in [2.75, 3.05) is 5.32 Å². The van der Waals surface area contributed by atoms with Crippen LogP contribution in [0.25, 0.3) is 10.8 Å². The van der Waals surface area contributed by atoms with E-state index in [1.54, 1.807) is 0 Å². The number of anilines is 1. The number of Topliss-reactive ketones (excluding diaryl/α,β-unsaturated/α-hetero) is 1. The highest BCUT2D eigenvalue weighted by molar-refractivity contribution is 6.31. The van der Waals surface area contributed by atoms with E-state index in [1.165, 1.54) is 10.8 Å². The maximum atomic E-state index is 13.3. The molecule has 0 unspecified atom stereocenters. The van der Waals surface area contributed by atoms with Crippen LogP contribution in [0.5, 0.6) is 0 Å². The predicted octanol–water partition coefficient (Wildman–Crippen LogP) is 6.69. The number of hydrogen-bond acceptors (Lipinski definition) is 2. The third kappa shape index (κ3) is 2.67. The molecular formula is C25H22ClNO. The molecule has 1 aliphatic carbocycles. The monoisotopic (exact) mass is 387 g/mol. The van der Waals surface area contributed by atoms with Gasteiger partial charge in [-0.05, 0) is 45.9 Å². The molecule has 3 heteroatoms. The summed E-state index contributed by atoms with van der Waals surface area (Å²) in [5.74, 6) is 0.0805. The molecule has 140 valence electrons. The van der Waals surface area contributed by atoms with E-state index in [0.29, 0.717) is 11.4 Å². The van der Waals surface area contributed by atoms with Gasteiger partial charge < -0.3 is 5.32 Å². The third-order valence-electron chi connectivity index (χ3n) is 5.97. The Morgan fingerprint density at radius 3 is 2.54 bits per heavy atom. The number of halogens is 1. The third-order valence-corrected chi connectivity index (χ3v) is 6.31. The summed E-state index contributed by atoms with van der Waals surface area (Å²) in [6.45, 7) is 4.33. The van der Waals surface area contributed by atoms with Gasteiger partial charge >= 0.3 is 0 Å². The van der Waals surface area contributed by atoms with Gasteiger partial charge in [0.2, 0.25) is 0 Å². The zero-order valence-corrected chi connectivity index (χ0v) is 16.8. The topological polar surface area (TPSA) is 29.1 Å². The van der Waals surface area contributed by atoms with Crippen LogP contribution in [0, 0.1) is 5.41 Å². The second kappa shape index (κ2) is 6.22. The number of carbonyl (C=O) groups is 1. The fourth-order valence-electron chi connectivity index (χ4n) is 4.82. The van der Waals surface area contributed by atoms with Gasteiger partial charge in [0.15, 0.2) is 5.78 Å². The molecule has 0 amide bonds. The number of nitrogens with one attached hydrogen (secondary N) is 1. The first-order chi connectivity index (χ1) is 13.4. The first-order valence-corrected chi connectivity index (χ1v) is 10.1. The quantitative estimate of drug-likeness (QED) is 0.503. The summed E-state index contributed by atoms with van der Waals surface area (Å²) in [6.07, 6.45) is 1.43. The molecule has 5 rings (SSSR count). The average molecular weight is 388 g/mol. The Hall–Kier alpha value is -2.58. The number of ketones is 1. The van der Waals surface area contributed by atoms with Crippen molar-refractivity contribution in [3.8, 4) is 0 Å². The molecule has 0 saturated heterocycles. The van der Waals surface area contributed by atoms with Crippen LogP contribution in [0.3, 0.4) is 0 Å². The van der Waals surface area contributed by atoms with Crippen LogP contribution >= 0.6 is 11.6 Å². The van der Waals surface area contributed by atoms with Crippen molar-refractivity contribution in [3.63, 3.8) is 0 Å². The molecular weight excluding hydrogens is 366 g/mol. The molecule has 2 nitrogen and oxygen atoms in total. The molecule has 0 radical (unpaired) electrons. The highest BCUT2D eigenvalue weighted by atomic mass is 35.5. The Kier molecular flexibility index (Phi) is 3.89. The molecule has 1 atom stereocenters. The molecule has 2 aliphatic rings. The standard InChI is InChI=1S/C25H22ClNO/c1-25(2)13-20-24(21(28)14-25)23(17-9-5-6-10-18(17)26)22-16-8-4-3-7-15(16)11-12-19(22)27-20/h3-12,23,27H,13-14H2,1-2H3/t23-/m0/s1. The van der Waals surface area contributed by atoms with E-state index in [0.717, 1.165) is 34.5 Å². The maximum Gasteiger partial charge on any atom is 0.162 e. The van der Waals surface area contributed by atoms with E-state index in [9.17, 15) is 4.79 Å². The zero-order chi connectivity index (χ0) is 19.5. The molecule has 0 spiro atoms. The lowest BCUT2D eigenvalue weighted by Gasteiger charge is -2.40. The number of hydrogen-bond donors (Lipinski definition) is 1. The number of allylic oxidation sites excluding steroid dienone is 2. The first kappa shape index (κ1) is 17.5. The van der Waals surface area contributed by atoms with E-state index < -0.39 is 0 Å². The van der Waals surface area contributed by atoms with Gasteiger partial charge in [0.1, 0.15) is 0 Å².